The van der Waals surface area contributed by atoms with Gasteiger partial charge in [0.2, 0.25) is 0 Å². The molecule has 25 heavy (non-hydrogen) atoms. The molecule has 0 amide bonds. The minimum atomic E-state index is -0.523. The van der Waals surface area contributed by atoms with Gasteiger partial charge in [0.15, 0.2) is 5.78 Å². The molecule has 2 aromatic rings. The summed E-state index contributed by atoms with van der Waals surface area (Å²) in [4.78, 5) is 37.8. The van der Waals surface area contributed by atoms with Crippen molar-refractivity contribution in [1.82, 2.24) is 4.98 Å². The highest BCUT2D eigenvalue weighted by atomic mass is 16.6. The van der Waals surface area contributed by atoms with Gasteiger partial charge < -0.3 is 9.72 Å². The van der Waals surface area contributed by atoms with Crippen molar-refractivity contribution in [2.45, 2.75) is 20.8 Å². The first-order chi connectivity index (χ1) is 11.9. The highest BCUT2D eigenvalue weighted by molar-refractivity contribution is 6.10. The smallest absolute Gasteiger partial charge is 0.355 e. The quantitative estimate of drug-likeness (QED) is 0.284. The van der Waals surface area contributed by atoms with Gasteiger partial charge in [-0.2, -0.15) is 0 Å². The number of carbonyl (C=O) groups is 2. The molecule has 0 saturated heterocycles. The maximum absolute atomic E-state index is 12.5. The number of esters is 1. The summed E-state index contributed by atoms with van der Waals surface area (Å²) in [7, 11) is 0. The lowest BCUT2D eigenvalue weighted by Gasteiger charge is -2.01. The van der Waals surface area contributed by atoms with Crippen molar-refractivity contribution >= 4 is 23.5 Å². The van der Waals surface area contributed by atoms with Crippen LogP contribution in [0.15, 0.2) is 30.3 Å². The molecule has 2 rings (SSSR count). The third-order valence-electron chi connectivity index (χ3n) is 3.71. The van der Waals surface area contributed by atoms with Crippen molar-refractivity contribution in [2.24, 2.45) is 0 Å². The predicted molar refractivity (Wildman–Crippen MR) is 92.7 cm³/mol. The topological polar surface area (TPSA) is 102 Å². The van der Waals surface area contributed by atoms with E-state index in [0.29, 0.717) is 22.4 Å². The molecule has 1 aromatic carbocycles. The van der Waals surface area contributed by atoms with Gasteiger partial charge in [0.1, 0.15) is 5.69 Å². The number of ether oxygens (including phenoxy) is 1. The van der Waals surface area contributed by atoms with E-state index in [0.717, 1.165) is 0 Å². The summed E-state index contributed by atoms with van der Waals surface area (Å²) < 4.78 is 4.95. The van der Waals surface area contributed by atoms with Crippen molar-refractivity contribution in [2.75, 3.05) is 6.61 Å². The van der Waals surface area contributed by atoms with Gasteiger partial charge in [0.25, 0.3) is 5.69 Å². The third kappa shape index (κ3) is 3.82. The van der Waals surface area contributed by atoms with Gasteiger partial charge in [-0.1, -0.05) is 12.1 Å². The molecule has 0 atom stereocenters. The largest absolute Gasteiger partial charge is 0.461 e. The Hall–Kier alpha value is -3.22. The van der Waals surface area contributed by atoms with E-state index in [4.69, 9.17) is 4.74 Å². The van der Waals surface area contributed by atoms with Crippen LogP contribution in [-0.4, -0.2) is 28.3 Å². The maximum Gasteiger partial charge on any atom is 0.355 e. The number of allylic oxidation sites excluding steroid dienone is 1. The van der Waals surface area contributed by atoms with Crippen LogP contribution in [0.5, 0.6) is 0 Å². The van der Waals surface area contributed by atoms with E-state index in [1.165, 1.54) is 18.2 Å². The molecule has 0 aliphatic heterocycles. The van der Waals surface area contributed by atoms with Crippen LogP contribution in [0.1, 0.15) is 44.6 Å². The van der Waals surface area contributed by atoms with Crippen LogP contribution in [-0.2, 0) is 4.74 Å². The van der Waals surface area contributed by atoms with Gasteiger partial charge in [-0.25, -0.2) is 4.79 Å². The summed E-state index contributed by atoms with van der Waals surface area (Å²) in [5, 5.41) is 11.0. The number of carbonyl (C=O) groups excluding carboxylic acids is 2. The Balaban J connectivity index is 2.34. The number of aromatic amines is 1. The molecular formula is C18H18N2O5. The molecule has 0 aliphatic carbocycles. The normalized spacial score (nSPS) is 10.8. The monoisotopic (exact) mass is 342 g/mol. The van der Waals surface area contributed by atoms with Crippen LogP contribution in [0, 0.1) is 24.0 Å². The summed E-state index contributed by atoms with van der Waals surface area (Å²) in [6, 6.07) is 6.14. The minimum absolute atomic E-state index is 0.0822. The molecule has 1 heterocycles. The number of rotatable bonds is 6. The van der Waals surface area contributed by atoms with Crippen LogP contribution in [0.3, 0.4) is 0 Å². The van der Waals surface area contributed by atoms with E-state index in [9.17, 15) is 19.7 Å². The fraction of sp³-hybridized carbons (Fsp3) is 0.222. The first kappa shape index (κ1) is 18.1. The number of nitro groups is 1. The summed E-state index contributed by atoms with van der Waals surface area (Å²) >= 11 is 0. The van der Waals surface area contributed by atoms with Crippen LogP contribution < -0.4 is 0 Å². The molecule has 1 N–H and O–H groups in total. The van der Waals surface area contributed by atoms with Crippen molar-refractivity contribution in [3.63, 3.8) is 0 Å². The molecule has 0 saturated carbocycles. The number of aromatic nitrogens is 1. The molecule has 7 nitrogen and oxygen atoms in total. The molecule has 0 aliphatic rings. The first-order valence-electron chi connectivity index (χ1n) is 7.68. The predicted octanol–water partition coefficient (Wildman–Crippen LogP) is 3.61. The van der Waals surface area contributed by atoms with E-state index in [-0.39, 0.29) is 23.8 Å². The molecule has 130 valence electrons. The first-order valence-corrected chi connectivity index (χ1v) is 7.68. The van der Waals surface area contributed by atoms with Crippen LogP contribution in [0.2, 0.25) is 0 Å². The van der Waals surface area contributed by atoms with E-state index < -0.39 is 10.9 Å². The number of nitro benzene ring substituents is 1. The van der Waals surface area contributed by atoms with Crippen molar-refractivity contribution in [1.29, 1.82) is 0 Å². The lowest BCUT2D eigenvalue weighted by molar-refractivity contribution is -0.385. The second kappa shape index (κ2) is 7.57. The summed E-state index contributed by atoms with van der Waals surface area (Å²) in [5.41, 5.74) is 1.88. The molecule has 0 spiro atoms. The minimum Gasteiger partial charge on any atom is -0.461 e. The fourth-order valence-electron chi connectivity index (χ4n) is 2.57. The lowest BCUT2D eigenvalue weighted by Crippen LogP contribution is -2.07. The zero-order chi connectivity index (χ0) is 18.6. The molecular weight excluding hydrogens is 324 g/mol. The maximum atomic E-state index is 12.5. The number of benzene rings is 1. The number of aryl methyl sites for hydroxylation is 1. The van der Waals surface area contributed by atoms with Crippen LogP contribution in [0.4, 0.5) is 5.69 Å². The number of ketones is 1. The zero-order valence-electron chi connectivity index (χ0n) is 14.2. The standard InChI is InChI=1S/C18H18N2O5/c1-4-25-18(22)17-11(2)16(12(3)19-17)15(21)10-9-13-7-5-6-8-14(13)20(23)24/h5-10,19H,4H2,1-3H3. The summed E-state index contributed by atoms with van der Waals surface area (Å²) in [6.07, 6.45) is 2.66. The Morgan fingerprint density at radius 1 is 1.28 bits per heavy atom. The number of nitrogens with one attached hydrogen (secondary N) is 1. The number of H-pyrrole nitrogens is 1. The Kier molecular flexibility index (Phi) is 5.49. The summed E-state index contributed by atoms with van der Waals surface area (Å²) in [5.74, 6) is -0.871. The van der Waals surface area contributed by atoms with E-state index >= 15 is 0 Å². The Bertz CT molecular complexity index is 864. The highest BCUT2D eigenvalue weighted by Gasteiger charge is 2.21. The zero-order valence-corrected chi connectivity index (χ0v) is 14.2. The number of nitrogens with zero attached hydrogens (tertiary/aromatic N) is 1. The highest BCUT2D eigenvalue weighted by Crippen LogP contribution is 2.22. The van der Waals surface area contributed by atoms with Crippen molar-refractivity contribution in [3.8, 4) is 0 Å². The Morgan fingerprint density at radius 3 is 2.60 bits per heavy atom. The van der Waals surface area contributed by atoms with Gasteiger partial charge in [0, 0.05) is 17.3 Å². The molecule has 7 heteroatoms. The third-order valence-corrected chi connectivity index (χ3v) is 3.71. The van der Waals surface area contributed by atoms with Gasteiger partial charge >= 0.3 is 5.97 Å². The van der Waals surface area contributed by atoms with E-state index in [1.807, 2.05) is 0 Å². The summed E-state index contributed by atoms with van der Waals surface area (Å²) in [6.45, 7) is 5.27. The molecule has 0 radical (unpaired) electrons. The van der Waals surface area contributed by atoms with Crippen molar-refractivity contribution in [3.05, 3.63) is 68.5 Å². The molecule has 0 unspecified atom stereocenters. The van der Waals surface area contributed by atoms with Gasteiger partial charge in [-0.05, 0) is 44.6 Å². The number of hydrogen-bond donors (Lipinski definition) is 1. The average Bonchev–Trinajstić information content (AvgIpc) is 2.87. The SMILES string of the molecule is CCOC(=O)c1[nH]c(C)c(C(=O)C=Cc2ccccc2[N+](=O)[O-])c1C. The van der Waals surface area contributed by atoms with Crippen LogP contribution >= 0.6 is 0 Å². The molecule has 0 bridgehead atoms. The Labute approximate surface area is 144 Å². The number of para-hydroxylation sites is 1. The Morgan fingerprint density at radius 2 is 1.96 bits per heavy atom. The van der Waals surface area contributed by atoms with Gasteiger partial charge in [0.05, 0.1) is 17.1 Å². The number of hydrogen-bond acceptors (Lipinski definition) is 5. The molecule has 0 fully saturated rings. The second-order valence-electron chi connectivity index (χ2n) is 5.36. The van der Waals surface area contributed by atoms with Gasteiger partial charge in [-0.15, -0.1) is 0 Å². The molecule has 1 aromatic heterocycles. The second-order valence-corrected chi connectivity index (χ2v) is 5.36. The van der Waals surface area contributed by atoms with E-state index in [2.05, 4.69) is 4.98 Å². The van der Waals surface area contributed by atoms with Gasteiger partial charge in [-0.3, -0.25) is 14.9 Å². The average molecular weight is 342 g/mol. The lowest BCUT2D eigenvalue weighted by atomic mass is 10.0. The fourth-order valence-corrected chi connectivity index (χ4v) is 2.57. The van der Waals surface area contributed by atoms with E-state index in [1.54, 1.807) is 39.0 Å². The van der Waals surface area contributed by atoms with Crippen LogP contribution in [0.25, 0.3) is 6.08 Å². The van der Waals surface area contributed by atoms with Crippen molar-refractivity contribution < 1.29 is 19.2 Å².